The molecule has 3 rings (SSSR count). The molecule has 26 heavy (non-hydrogen) atoms. The van der Waals surface area contributed by atoms with E-state index in [9.17, 15) is 13.2 Å². The van der Waals surface area contributed by atoms with Crippen molar-refractivity contribution in [3.63, 3.8) is 0 Å². The van der Waals surface area contributed by atoms with Gasteiger partial charge >= 0.3 is 0 Å². The molecule has 0 aliphatic carbocycles. The molecule has 1 aliphatic rings. The fraction of sp³-hybridized carbons (Fsp3) is 0.222. The normalized spacial score (nSPS) is 17.4. The Morgan fingerprint density at radius 1 is 1.19 bits per heavy atom. The van der Waals surface area contributed by atoms with E-state index < -0.39 is 10.0 Å². The molecular weight excluding hydrogens is 374 g/mol. The van der Waals surface area contributed by atoms with E-state index in [1.807, 2.05) is 25.1 Å². The highest BCUT2D eigenvalue weighted by Gasteiger charge is 2.29. The van der Waals surface area contributed by atoms with Gasteiger partial charge in [-0.25, -0.2) is 8.42 Å². The summed E-state index contributed by atoms with van der Waals surface area (Å²) in [7, 11) is -3.56. The van der Waals surface area contributed by atoms with E-state index in [0.29, 0.717) is 10.6 Å². The number of amides is 1. The van der Waals surface area contributed by atoms with Gasteiger partial charge in [-0.15, -0.1) is 0 Å². The van der Waals surface area contributed by atoms with E-state index in [1.54, 1.807) is 24.3 Å². The van der Waals surface area contributed by atoms with Gasteiger partial charge in [0.05, 0.1) is 17.5 Å². The van der Waals surface area contributed by atoms with Crippen LogP contribution in [0, 0.1) is 0 Å². The molecule has 1 atom stereocenters. The van der Waals surface area contributed by atoms with Crippen LogP contribution >= 0.6 is 11.6 Å². The lowest BCUT2D eigenvalue weighted by atomic mass is 10.1. The first kappa shape index (κ1) is 18.4. The number of halogens is 1. The molecule has 0 saturated heterocycles. The van der Waals surface area contributed by atoms with Crippen molar-refractivity contribution < 1.29 is 13.2 Å². The smallest absolute Gasteiger partial charge is 0.263 e. The van der Waals surface area contributed by atoms with Crippen LogP contribution in [0.2, 0.25) is 5.02 Å². The number of sulfonamides is 1. The van der Waals surface area contributed by atoms with Crippen molar-refractivity contribution in [2.24, 2.45) is 4.99 Å². The maximum atomic E-state index is 12.1. The van der Waals surface area contributed by atoms with Gasteiger partial charge in [0, 0.05) is 17.0 Å². The van der Waals surface area contributed by atoms with Crippen LogP contribution in [0.4, 0.5) is 0 Å². The Kier molecular flexibility index (Phi) is 5.29. The van der Waals surface area contributed by atoms with Gasteiger partial charge in [-0.05, 0) is 30.7 Å². The molecule has 8 heteroatoms. The number of rotatable bonds is 5. The van der Waals surface area contributed by atoms with E-state index in [2.05, 4.69) is 15.0 Å². The lowest BCUT2D eigenvalue weighted by Crippen LogP contribution is -2.27. The second-order valence-corrected chi connectivity index (χ2v) is 7.95. The van der Waals surface area contributed by atoms with Crippen LogP contribution in [0.3, 0.4) is 0 Å². The molecule has 0 aromatic heterocycles. The number of hydrogen-bond acceptors (Lipinski definition) is 4. The fourth-order valence-corrected chi connectivity index (χ4v) is 4.29. The average Bonchev–Trinajstić information content (AvgIpc) is 2.86. The molecule has 1 heterocycles. The molecule has 2 aromatic rings. The Morgan fingerprint density at radius 3 is 2.65 bits per heavy atom. The lowest BCUT2D eigenvalue weighted by Gasteiger charge is -2.15. The minimum atomic E-state index is -3.56. The number of nitrogens with one attached hydrogen (secondary N) is 2. The third-order valence-corrected chi connectivity index (χ3v) is 5.76. The summed E-state index contributed by atoms with van der Waals surface area (Å²) in [6, 6.07) is 13.7. The third kappa shape index (κ3) is 3.89. The Bertz CT molecular complexity index is 973. The second kappa shape index (κ2) is 7.47. The summed E-state index contributed by atoms with van der Waals surface area (Å²) in [5.74, 6) is 0.0865. The number of hydrogen-bond donors (Lipinski definition) is 2. The average molecular weight is 392 g/mol. The van der Waals surface area contributed by atoms with Crippen molar-refractivity contribution in [1.82, 2.24) is 10.0 Å². The number of amidine groups is 1. The van der Waals surface area contributed by atoms with Crippen LogP contribution in [-0.4, -0.2) is 26.7 Å². The molecule has 2 N–H and O–H groups in total. The van der Waals surface area contributed by atoms with E-state index in [4.69, 9.17) is 11.6 Å². The van der Waals surface area contributed by atoms with Crippen molar-refractivity contribution >= 4 is 33.4 Å². The minimum absolute atomic E-state index is 0.141. The molecule has 0 fully saturated rings. The first-order chi connectivity index (χ1) is 12.4. The maximum absolute atomic E-state index is 12.1. The summed E-state index contributed by atoms with van der Waals surface area (Å²) in [5.41, 5.74) is 1.36. The van der Waals surface area contributed by atoms with Crippen LogP contribution in [0.25, 0.3) is 0 Å². The SMILES string of the molecule is CC(NC(=O)CCN=C1NS(=O)(=O)c2ccccc21)c1ccccc1Cl. The van der Waals surface area contributed by atoms with Gasteiger partial charge in [-0.2, -0.15) is 0 Å². The molecule has 0 bridgehead atoms. The Morgan fingerprint density at radius 2 is 1.88 bits per heavy atom. The van der Waals surface area contributed by atoms with E-state index in [-0.39, 0.29) is 35.6 Å². The van der Waals surface area contributed by atoms with Gasteiger partial charge in [0.2, 0.25) is 5.91 Å². The quantitative estimate of drug-likeness (QED) is 0.821. The fourth-order valence-electron chi connectivity index (χ4n) is 2.74. The standard InChI is InChI=1S/C18H18ClN3O3S/c1-12(13-6-2-4-8-15(13)19)21-17(23)10-11-20-18-14-7-3-5-9-16(14)26(24,25)22-18/h2-9,12H,10-11H2,1H3,(H,20,22)(H,21,23). The summed E-state index contributed by atoms with van der Waals surface area (Å²) in [6.45, 7) is 2.03. The van der Waals surface area contributed by atoms with Crippen LogP contribution in [-0.2, 0) is 14.8 Å². The summed E-state index contributed by atoms with van der Waals surface area (Å²) < 4.78 is 26.4. The largest absolute Gasteiger partial charge is 0.349 e. The number of carbonyl (C=O) groups is 1. The summed E-state index contributed by atoms with van der Waals surface area (Å²) >= 11 is 6.13. The Hall–Kier alpha value is -2.38. The minimum Gasteiger partial charge on any atom is -0.349 e. The van der Waals surface area contributed by atoms with Gasteiger partial charge in [0.1, 0.15) is 5.84 Å². The van der Waals surface area contributed by atoms with Crippen LogP contribution in [0.1, 0.15) is 30.5 Å². The number of fused-ring (bicyclic) bond motifs is 1. The highest BCUT2D eigenvalue weighted by molar-refractivity contribution is 7.90. The van der Waals surface area contributed by atoms with Crippen molar-refractivity contribution in [2.75, 3.05) is 6.54 Å². The number of carbonyl (C=O) groups excluding carboxylic acids is 1. The summed E-state index contributed by atoms with van der Waals surface area (Å²) in [4.78, 5) is 16.6. The first-order valence-corrected chi connectivity index (χ1v) is 9.95. The molecular formula is C18H18ClN3O3S. The van der Waals surface area contributed by atoms with Gasteiger partial charge in [-0.3, -0.25) is 14.5 Å². The maximum Gasteiger partial charge on any atom is 0.263 e. The molecule has 0 spiro atoms. The monoisotopic (exact) mass is 391 g/mol. The molecule has 1 aliphatic heterocycles. The van der Waals surface area contributed by atoms with Gasteiger partial charge < -0.3 is 5.32 Å². The zero-order chi connectivity index (χ0) is 18.7. The van der Waals surface area contributed by atoms with Crippen LogP contribution in [0.5, 0.6) is 0 Å². The van der Waals surface area contributed by atoms with E-state index in [1.165, 1.54) is 6.07 Å². The third-order valence-electron chi connectivity index (χ3n) is 4.02. The van der Waals surface area contributed by atoms with Gasteiger partial charge in [0.15, 0.2) is 0 Å². The first-order valence-electron chi connectivity index (χ1n) is 8.09. The highest BCUT2D eigenvalue weighted by atomic mass is 35.5. The summed E-state index contributed by atoms with van der Waals surface area (Å²) in [6.07, 6.45) is 0.141. The van der Waals surface area contributed by atoms with Gasteiger partial charge in [-0.1, -0.05) is 41.9 Å². The van der Waals surface area contributed by atoms with Crippen molar-refractivity contribution in [3.05, 3.63) is 64.7 Å². The number of benzene rings is 2. The van der Waals surface area contributed by atoms with Crippen LogP contribution in [0.15, 0.2) is 58.4 Å². The topological polar surface area (TPSA) is 87.6 Å². The molecule has 0 saturated carbocycles. The Balaban J connectivity index is 1.61. The Labute approximate surface area is 157 Å². The van der Waals surface area contributed by atoms with Crippen molar-refractivity contribution in [2.45, 2.75) is 24.3 Å². The zero-order valence-electron chi connectivity index (χ0n) is 14.1. The molecule has 1 amide bonds. The molecule has 136 valence electrons. The zero-order valence-corrected chi connectivity index (χ0v) is 15.6. The second-order valence-electron chi connectivity index (χ2n) is 5.89. The molecule has 2 aromatic carbocycles. The molecule has 0 radical (unpaired) electrons. The lowest BCUT2D eigenvalue weighted by molar-refractivity contribution is -0.121. The predicted molar refractivity (Wildman–Crippen MR) is 101 cm³/mol. The van der Waals surface area contributed by atoms with Gasteiger partial charge in [0.25, 0.3) is 10.0 Å². The van der Waals surface area contributed by atoms with Crippen LogP contribution < -0.4 is 10.0 Å². The van der Waals surface area contributed by atoms with Crippen molar-refractivity contribution in [1.29, 1.82) is 0 Å². The van der Waals surface area contributed by atoms with E-state index >= 15 is 0 Å². The van der Waals surface area contributed by atoms with Crippen molar-refractivity contribution in [3.8, 4) is 0 Å². The highest BCUT2D eigenvalue weighted by Crippen LogP contribution is 2.23. The predicted octanol–water partition coefficient (Wildman–Crippen LogP) is 2.65. The molecule has 1 unspecified atom stereocenters. The summed E-state index contributed by atoms with van der Waals surface area (Å²) in [5, 5.41) is 3.46. The number of nitrogens with zero attached hydrogens (tertiary/aromatic N) is 1. The molecule has 6 nitrogen and oxygen atoms in total. The van der Waals surface area contributed by atoms with E-state index in [0.717, 1.165) is 5.56 Å². The number of aliphatic imine (C=N–C) groups is 1.